The molecule has 0 saturated carbocycles. The van der Waals surface area contributed by atoms with Gasteiger partial charge in [0.1, 0.15) is 0 Å². The smallest absolute Gasteiger partial charge is 0.250 e. The highest BCUT2D eigenvalue weighted by molar-refractivity contribution is 7.09. The van der Waals surface area contributed by atoms with Gasteiger partial charge in [0.05, 0.1) is 28.4 Å². The van der Waals surface area contributed by atoms with E-state index in [2.05, 4.69) is 10.3 Å². The second kappa shape index (κ2) is 7.67. The molecule has 0 unspecified atom stereocenters. The number of hydrogen-bond donors (Lipinski definition) is 3. The van der Waals surface area contributed by atoms with E-state index >= 15 is 0 Å². The average Bonchev–Trinajstić information content (AvgIpc) is 2.92. The Labute approximate surface area is 132 Å². The van der Waals surface area contributed by atoms with Crippen LogP contribution in [0.25, 0.3) is 0 Å². The third-order valence-corrected chi connectivity index (χ3v) is 3.96. The van der Waals surface area contributed by atoms with E-state index in [1.165, 1.54) is 11.3 Å². The summed E-state index contributed by atoms with van der Waals surface area (Å²) in [4.78, 5) is 27.8. The monoisotopic (exact) mass is 318 g/mol. The number of benzene rings is 1. The van der Waals surface area contributed by atoms with Gasteiger partial charge in [0.2, 0.25) is 5.91 Å². The van der Waals surface area contributed by atoms with Crippen LogP contribution in [-0.2, 0) is 17.6 Å². The second-order valence-corrected chi connectivity index (χ2v) is 5.70. The van der Waals surface area contributed by atoms with E-state index in [1.807, 2.05) is 5.38 Å². The highest BCUT2D eigenvalue weighted by Gasteiger charge is 2.12. The first kappa shape index (κ1) is 16.1. The number of carbonyl (C=O) groups excluding carboxylic acids is 2. The van der Waals surface area contributed by atoms with Crippen LogP contribution in [-0.4, -0.2) is 23.3 Å². The third-order valence-electron chi connectivity index (χ3n) is 3.00. The SMILES string of the molecule is NCCCc1nc(CC(=O)Nc2ccccc2C(N)=O)cs1. The van der Waals surface area contributed by atoms with Crippen molar-refractivity contribution in [3.63, 3.8) is 0 Å². The molecule has 6 nitrogen and oxygen atoms in total. The predicted octanol–water partition coefficient (Wildman–Crippen LogP) is 1.31. The topological polar surface area (TPSA) is 111 Å². The van der Waals surface area contributed by atoms with Gasteiger partial charge in [-0.1, -0.05) is 12.1 Å². The summed E-state index contributed by atoms with van der Waals surface area (Å²) in [5, 5.41) is 5.54. The van der Waals surface area contributed by atoms with Crippen LogP contribution in [0.3, 0.4) is 0 Å². The Morgan fingerprint density at radius 1 is 1.27 bits per heavy atom. The fourth-order valence-corrected chi connectivity index (χ4v) is 2.80. The molecule has 2 rings (SSSR count). The van der Waals surface area contributed by atoms with Crippen LogP contribution in [0.15, 0.2) is 29.6 Å². The molecular weight excluding hydrogens is 300 g/mol. The number of aryl methyl sites for hydroxylation is 1. The highest BCUT2D eigenvalue weighted by Crippen LogP contribution is 2.16. The molecule has 1 aromatic heterocycles. The molecule has 1 heterocycles. The molecule has 1 aromatic carbocycles. The van der Waals surface area contributed by atoms with Crippen LogP contribution >= 0.6 is 11.3 Å². The lowest BCUT2D eigenvalue weighted by atomic mass is 10.1. The van der Waals surface area contributed by atoms with Gasteiger partial charge in [0.15, 0.2) is 0 Å². The maximum Gasteiger partial charge on any atom is 0.250 e. The van der Waals surface area contributed by atoms with Crippen molar-refractivity contribution in [1.29, 1.82) is 0 Å². The van der Waals surface area contributed by atoms with Crippen molar-refractivity contribution in [3.8, 4) is 0 Å². The number of amides is 2. The van der Waals surface area contributed by atoms with Crippen molar-refractivity contribution in [2.75, 3.05) is 11.9 Å². The van der Waals surface area contributed by atoms with E-state index < -0.39 is 5.91 Å². The van der Waals surface area contributed by atoms with E-state index in [0.717, 1.165) is 17.8 Å². The molecule has 116 valence electrons. The Hall–Kier alpha value is -2.25. The predicted molar refractivity (Wildman–Crippen MR) is 86.8 cm³/mol. The summed E-state index contributed by atoms with van der Waals surface area (Å²) >= 11 is 1.53. The van der Waals surface area contributed by atoms with Crippen molar-refractivity contribution in [3.05, 3.63) is 45.9 Å². The van der Waals surface area contributed by atoms with Crippen LogP contribution in [0.4, 0.5) is 5.69 Å². The zero-order valence-corrected chi connectivity index (χ0v) is 12.9. The minimum absolute atomic E-state index is 0.159. The molecule has 0 atom stereocenters. The van der Waals surface area contributed by atoms with Crippen LogP contribution in [0.2, 0.25) is 0 Å². The molecule has 0 aliphatic carbocycles. The van der Waals surface area contributed by atoms with E-state index in [4.69, 9.17) is 11.5 Å². The van der Waals surface area contributed by atoms with Gasteiger partial charge in [-0.3, -0.25) is 9.59 Å². The Balaban J connectivity index is 1.98. The minimum Gasteiger partial charge on any atom is -0.366 e. The standard InChI is InChI=1S/C15H18N4O2S/c16-7-3-6-14-18-10(9-22-14)8-13(20)19-12-5-2-1-4-11(12)15(17)21/h1-2,4-5,9H,3,6-8,16H2,(H2,17,21)(H,19,20). The summed E-state index contributed by atoms with van der Waals surface area (Å²) in [6.45, 7) is 0.624. The van der Waals surface area contributed by atoms with Gasteiger partial charge in [-0.25, -0.2) is 4.98 Å². The Bertz CT molecular complexity index is 669. The first-order valence-corrected chi connectivity index (χ1v) is 7.80. The maximum absolute atomic E-state index is 12.1. The molecular formula is C15H18N4O2S. The number of para-hydroxylation sites is 1. The van der Waals surface area contributed by atoms with Crippen molar-refractivity contribution in [2.45, 2.75) is 19.3 Å². The first-order chi connectivity index (χ1) is 10.6. The van der Waals surface area contributed by atoms with Gasteiger partial charge in [-0.15, -0.1) is 11.3 Å². The summed E-state index contributed by atoms with van der Waals surface area (Å²) in [5.74, 6) is -0.807. The largest absolute Gasteiger partial charge is 0.366 e. The van der Waals surface area contributed by atoms with E-state index in [-0.39, 0.29) is 17.9 Å². The normalized spacial score (nSPS) is 10.4. The number of hydrogen-bond acceptors (Lipinski definition) is 5. The van der Waals surface area contributed by atoms with Gasteiger partial charge in [-0.2, -0.15) is 0 Å². The number of anilines is 1. The van der Waals surface area contributed by atoms with Gasteiger partial charge in [-0.05, 0) is 25.1 Å². The third kappa shape index (κ3) is 4.37. The van der Waals surface area contributed by atoms with Crippen LogP contribution in [0, 0.1) is 0 Å². The summed E-state index contributed by atoms with van der Waals surface area (Å²) in [6, 6.07) is 6.65. The number of carbonyl (C=O) groups is 2. The van der Waals surface area contributed by atoms with Crippen molar-refractivity contribution in [2.24, 2.45) is 11.5 Å². The fourth-order valence-electron chi connectivity index (χ4n) is 1.96. The van der Waals surface area contributed by atoms with Gasteiger partial charge in [0, 0.05) is 11.8 Å². The average molecular weight is 318 g/mol. The summed E-state index contributed by atoms with van der Waals surface area (Å²) in [7, 11) is 0. The Morgan fingerprint density at radius 2 is 2.05 bits per heavy atom. The molecule has 0 radical (unpaired) electrons. The lowest BCUT2D eigenvalue weighted by Gasteiger charge is -2.07. The van der Waals surface area contributed by atoms with E-state index in [9.17, 15) is 9.59 Å². The molecule has 0 aliphatic heterocycles. The van der Waals surface area contributed by atoms with Crippen molar-refractivity contribution in [1.82, 2.24) is 4.98 Å². The molecule has 0 aliphatic rings. The number of nitrogens with zero attached hydrogens (tertiary/aromatic N) is 1. The summed E-state index contributed by atoms with van der Waals surface area (Å²) < 4.78 is 0. The van der Waals surface area contributed by atoms with E-state index in [0.29, 0.717) is 17.9 Å². The molecule has 0 fully saturated rings. The minimum atomic E-state index is -0.575. The molecule has 2 aromatic rings. The Morgan fingerprint density at radius 3 is 2.77 bits per heavy atom. The number of nitrogens with one attached hydrogen (secondary N) is 1. The molecule has 2 amide bonds. The summed E-state index contributed by atoms with van der Waals surface area (Å²) in [6.07, 6.45) is 1.87. The number of nitrogens with two attached hydrogens (primary N) is 2. The molecule has 7 heteroatoms. The van der Waals surface area contributed by atoms with Crippen LogP contribution in [0.1, 0.15) is 27.5 Å². The fraction of sp³-hybridized carbons (Fsp3) is 0.267. The molecule has 5 N–H and O–H groups in total. The quantitative estimate of drug-likeness (QED) is 0.714. The maximum atomic E-state index is 12.1. The molecule has 0 bridgehead atoms. The van der Waals surface area contributed by atoms with E-state index in [1.54, 1.807) is 24.3 Å². The second-order valence-electron chi connectivity index (χ2n) is 4.76. The van der Waals surface area contributed by atoms with Crippen LogP contribution < -0.4 is 16.8 Å². The first-order valence-electron chi connectivity index (χ1n) is 6.92. The zero-order valence-electron chi connectivity index (χ0n) is 12.0. The number of rotatable bonds is 7. The van der Waals surface area contributed by atoms with Crippen molar-refractivity contribution >= 4 is 28.8 Å². The van der Waals surface area contributed by atoms with Gasteiger partial charge < -0.3 is 16.8 Å². The molecule has 0 saturated heterocycles. The van der Waals surface area contributed by atoms with Crippen LogP contribution in [0.5, 0.6) is 0 Å². The highest BCUT2D eigenvalue weighted by atomic mass is 32.1. The Kier molecular flexibility index (Phi) is 5.62. The lowest BCUT2D eigenvalue weighted by molar-refractivity contribution is -0.115. The van der Waals surface area contributed by atoms with Gasteiger partial charge >= 0.3 is 0 Å². The zero-order chi connectivity index (χ0) is 15.9. The molecule has 22 heavy (non-hydrogen) atoms. The number of thiazole rings is 1. The molecule has 0 spiro atoms. The number of primary amides is 1. The lowest BCUT2D eigenvalue weighted by Crippen LogP contribution is -2.19. The number of aromatic nitrogens is 1. The van der Waals surface area contributed by atoms with Gasteiger partial charge in [0.25, 0.3) is 5.91 Å². The van der Waals surface area contributed by atoms with Crippen molar-refractivity contribution < 1.29 is 9.59 Å². The summed E-state index contributed by atoms with van der Waals surface area (Å²) in [5.41, 5.74) is 12.2.